The highest BCUT2D eigenvalue weighted by Gasteiger charge is 2.50. The van der Waals surface area contributed by atoms with Crippen LogP contribution < -0.4 is 10.1 Å². The van der Waals surface area contributed by atoms with E-state index in [2.05, 4.69) is 5.32 Å². The van der Waals surface area contributed by atoms with E-state index in [1.54, 1.807) is 31.2 Å². The Hall–Kier alpha value is -3.67. The van der Waals surface area contributed by atoms with E-state index in [-0.39, 0.29) is 12.3 Å². The molecule has 0 unspecified atom stereocenters. The molecule has 0 spiro atoms. The van der Waals surface area contributed by atoms with Gasteiger partial charge in [-0.25, -0.2) is 4.79 Å². The van der Waals surface area contributed by atoms with Gasteiger partial charge in [-0.2, -0.15) is 0 Å². The van der Waals surface area contributed by atoms with Crippen molar-refractivity contribution in [2.75, 3.05) is 13.7 Å². The molecular weight excluding hydrogens is 368 g/mol. The van der Waals surface area contributed by atoms with E-state index >= 15 is 0 Å². The van der Waals surface area contributed by atoms with Crippen molar-refractivity contribution in [3.05, 3.63) is 77.9 Å². The second-order valence-electron chi connectivity index (χ2n) is 7.12. The van der Waals surface area contributed by atoms with Gasteiger partial charge in [0, 0.05) is 5.56 Å². The molecule has 3 aromatic rings. The molecule has 3 aromatic carbocycles. The minimum absolute atomic E-state index is 0.321. The number of Topliss-reactive ketones (excluding diaryl/α,β-unsaturated/α-hetero) is 1. The number of hydrogen-bond acceptors (Lipinski definition) is 4. The summed E-state index contributed by atoms with van der Waals surface area (Å²) in [5.74, 6) is -0.140. The second-order valence-corrected chi connectivity index (χ2v) is 7.12. The quantitative estimate of drug-likeness (QED) is 0.536. The standard InChI is InChI=1S/C23H20N2O4/c1-23(19-9-5-7-15-6-3-4-8-18(15)19)21(27)25(22(28)24-23)14-20(26)16-10-12-17(29-2)13-11-16/h3-13H,14H2,1-2H3,(H,24,28)/t23-/m1/s1. The van der Waals surface area contributed by atoms with Crippen LogP contribution in [0.15, 0.2) is 66.7 Å². The van der Waals surface area contributed by atoms with E-state index < -0.39 is 17.5 Å². The number of carbonyl (C=O) groups excluding carboxylic acids is 3. The fourth-order valence-electron chi connectivity index (χ4n) is 3.70. The molecule has 3 amide bonds. The van der Waals surface area contributed by atoms with Crippen LogP contribution in [-0.4, -0.2) is 36.3 Å². The van der Waals surface area contributed by atoms with E-state index in [1.807, 2.05) is 42.5 Å². The number of carbonyl (C=O) groups is 3. The first kappa shape index (κ1) is 18.7. The maximum absolute atomic E-state index is 13.2. The molecule has 4 rings (SSSR count). The fraction of sp³-hybridized carbons (Fsp3) is 0.174. The van der Waals surface area contributed by atoms with Crippen LogP contribution in [0.1, 0.15) is 22.8 Å². The molecule has 6 nitrogen and oxygen atoms in total. The van der Waals surface area contributed by atoms with Gasteiger partial charge in [-0.3, -0.25) is 14.5 Å². The lowest BCUT2D eigenvalue weighted by Crippen LogP contribution is -2.41. The van der Waals surface area contributed by atoms with Gasteiger partial charge in [-0.15, -0.1) is 0 Å². The third-order valence-electron chi connectivity index (χ3n) is 5.32. The summed E-state index contributed by atoms with van der Waals surface area (Å²) in [5, 5.41) is 4.64. The van der Waals surface area contributed by atoms with Gasteiger partial charge in [-0.1, -0.05) is 42.5 Å². The minimum atomic E-state index is -1.24. The second kappa shape index (κ2) is 7.05. The summed E-state index contributed by atoms with van der Waals surface area (Å²) in [6.45, 7) is 1.35. The van der Waals surface area contributed by atoms with Crippen molar-refractivity contribution in [1.29, 1.82) is 0 Å². The molecule has 146 valence electrons. The lowest BCUT2D eigenvalue weighted by atomic mass is 9.88. The molecule has 6 heteroatoms. The van der Waals surface area contributed by atoms with Crippen LogP contribution in [0.2, 0.25) is 0 Å². The Labute approximate surface area is 168 Å². The van der Waals surface area contributed by atoms with Crippen LogP contribution >= 0.6 is 0 Å². The van der Waals surface area contributed by atoms with E-state index in [1.165, 1.54) is 7.11 Å². The molecule has 1 aliphatic heterocycles. The summed E-state index contributed by atoms with van der Waals surface area (Å²) in [6.07, 6.45) is 0. The van der Waals surface area contributed by atoms with Gasteiger partial charge in [0.05, 0.1) is 13.7 Å². The number of ether oxygens (including phenoxy) is 1. The molecular formula is C23H20N2O4. The number of nitrogens with zero attached hydrogens (tertiary/aromatic N) is 1. The van der Waals surface area contributed by atoms with E-state index in [0.717, 1.165) is 15.7 Å². The van der Waals surface area contributed by atoms with Crippen LogP contribution in [0.4, 0.5) is 4.79 Å². The van der Waals surface area contributed by atoms with Crippen molar-refractivity contribution in [2.24, 2.45) is 0 Å². The third kappa shape index (κ3) is 3.12. The number of nitrogens with one attached hydrogen (secondary N) is 1. The lowest BCUT2D eigenvalue weighted by molar-refractivity contribution is -0.130. The lowest BCUT2D eigenvalue weighted by Gasteiger charge is -2.24. The molecule has 0 aromatic heterocycles. The van der Waals surface area contributed by atoms with Gasteiger partial charge < -0.3 is 10.1 Å². The van der Waals surface area contributed by atoms with Gasteiger partial charge in [0.1, 0.15) is 11.3 Å². The van der Waals surface area contributed by atoms with Crippen molar-refractivity contribution in [2.45, 2.75) is 12.5 Å². The van der Waals surface area contributed by atoms with Crippen LogP contribution in [0.3, 0.4) is 0 Å². The predicted octanol–water partition coefficient (Wildman–Crippen LogP) is 3.50. The summed E-state index contributed by atoms with van der Waals surface area (Å²) in [5.41, 5.74) is -0.128. The van der Waals surface area contributed by atoms with Crippen molar-refractivity contribution in [1.82, 2.24) is 10.2 Å². The Morgan fingerprint density at radius 1 is 1.00 bits per heavy atom. The van der Waals surface area contributed by atoms with Crippen molar-refractivity contribution in [3.63, 3.8) is 0 Å². The Bertz CT molecular complexity index is 1120. The maximum Gasteiger partial charge on any atom is 0.325 e. The highest BCUT2D eigenvalue weighted by molar-refractivity contribution is 6.12. The first-order valence-electron chi connectivity index (χ1n) is 9.23. The molecule has 1 heterocycles. The van der Waals surface area contributed by atoms with Crippen LogP contribution in [0.5, 0.6) is 5.75 Å². The number of rotatable bonds is 5. The fourth-order valence-corrected chi connectivity index (χ4v) is 3.70. The number of urea groups is 1. The first-order chi connectivity index (χ1) is 13.9. The number of ketones is 1. The van der Waals surface area contributed by atoms with Crippen LogP contribution in [0, 0.1) is 0 Å². The predicted molar refractivity (Wildman–Crippen MR) is 109 cm³/mol. The van der Waals surface area contributed by atoms with E-state index in [0.29, 0.717) is 16.9 Å². The van der Waals surface area contributed by atoms with E-state index in [9.17, 15) is 14.4 Å². The van der Waals surface area contributed by atoms with Gasteiger partial charge in [-0.05, 0) is 47.5 Å². The first-order valence-corrected chi connectivity index (χ1v) is 9.23. The Balaban J connectivity index is 1.63. The smallest absolute Gasteiger partial charge is 0.325 e. The number of amides is 3. The molecule has 1 fully saturated rings. The van der Waals surface area contributed by atoms with Gasteiger partial charge in [0.2, 0.25) is 0 Å². The largest absolute Gasteiger partial charge is 0.497 e. The zero-order valence-electron chi connectivity index (χ0n) is 16.1. The number of hydrogen-bond donors (Lipinski definition) is 1. The number of imide groups is 1. The topological polar surface area (TPSA) is 75.7 Å². The van der Waals surface area contributed by atoms with Gasteiger partial charge >= 0.3 is 6.03 Å². The maximum atomic E-state index is 13.2. The Morgan fingerprint density at radius 3 is 2.41 bits per heavy atom. The molecule has 29 heavy (non-hydrogen) atoms. The van der Waals surface area contributed by atoms with Gasteiger partial charge in [0.15, 0.2) is 5.78 Å². The molecule has 0 saturated carbocycles. The molecule has 0 aliphatic carbocycles. The Kier molecular flexibility index (Phi) is 4.54. The van der Waals surface area contributed by atoms with Crippen LogP contribution in [0.25, 0.3) is 10.8 Å². The minimum Gasteiger partial charge on any atom is -0.497 e. The van der Waals surface area contributed by atoms with Gasteiger partial charge in [0.25, 0.3) is 5.91 Å². The van der Waals surface area contributed by atoms with Crippen molar-refractivity contribution >= 4 is 28.5 Å². The summed E-state index contributed by atoms with van der Waals surface area (Å²) in [7, 11) is 1.54. The summed E-state index contributed by atoms with van der Waals surface area (Å²) in [4.78, 5) is 39.4. The molecule has 1 aliphatic rings. The average Bonchev–Trinajstić information content (AvgIpc) is 2.97. The zero-order valence-corrected chi connectivity index (χ0v) is 16.1. The number of benzene rings is 3. The highest BCUT2D eigenvalue weighted by Crippen LogP contribution is 2.33. The van der Waals surface area contributed by atoms with Crippen LogP contribution in [-0.2, 0) is 10.3 Å². The summed E-state index contributed by atoms with van der Waals surface area (Å²) < 4.78 is 5.09. The molecule has 1 saturated heterocycles. The third-order valence-corrected chi connectivity index (χ3v) is 5.32. The highest BCUT2D eigenvalue weighted by atomic mass is 16.5. The Morgan fingerprint density at radius 2 is 1.69 bits per heavy atom. The van der Waals surface area contributed by atoms with Crippen molar-refractivity contribution < 1.29 is 19.1 Å². The summed E-state index contributed by atoms with van der Waals surface area (Å²) >= 11 is 0. The molecule has 0 bridgehead atoms. The van der Waals surface area contributed by atoms with E-state index in [4.69, 9.17) is 4.74 Å². The van der Waals surface area contributed by atoms with Crippen molar-refractivity contribution in [3.8, 4) is 5.75 Å². The zero-order chi connectivity index (χ0) is 20.6. The number of fused-ring (bicyclic) bond motifs is 1. The summed E-state index contributed by atoms with van der Waals surface area (Å²) in [6, 6.07) is 19.3. The molecule has 1 N–H and O–H groups in total. The molecule has 0 radical (unpaired) electrons. The molecule has 1 atom stereocenters. The number of methoxy groups -OCH3 is 1. The monoisotopic (exact) mass is 388 g/mol. The average molecular weight is 388 g/mol. The normalized spacial score (nSPS) is 18.8. The SMILES string of the molecule is COc1ccc(C(=O)CN2C(=O)N[C@](C)(c3cccc4ccccc34)C2=O)cc1.